The number of hydrogen-bond acceptors (Lipinski definition) is 4. The Kier molecular flexibility index (Phi) is 5.13. The first-order chi connectivity index (χ1) is 14.0. The number of hydrogen-bond donors (Lipinski definition) is 1. The minimum atomic E-state index is -0.960. The summed E-state index contributed by atoms with van der Waals surface area (Å²) < 4.78 is 7.05. The second-order valence-corrected chi connectivity index (χ2v) is 7.81. The van der Waals surface area contributed by atoms with Gasteiger partial charge in [-0.1, -0.05) is 12.1 Å². The molecule has 2 atom stereocenters. The monoisotopic (exact) mass is 396 g/mol. The molecule has 0 aliphatic carbocycles. The number of carbonyl (C=O) groups excluding carboxylic acids is 1. The molecule has 2 aromatic rings. The van der Waals surface area contributed by atoms with Crippen LogP contribution in [-0.4, -0.2) is 46.6 Å². The van der Waals surface area contributed by atoms with E-state index < -0.39 is 5.97 Å². The first kappa shape index (κ1) is 19.2. The summed E-state index contributed by atoms with van der Waals surface area (Å²) >= 11 is 0. The van der Waals surface area contributed by atoms with Crippen molar-refractivity contribution in [1.29, 1.82) is 0 Å². The molecule has 7 nitrogen and oxygen atoms in total. The molecule has 1 fully saturated rings. The maximum atomic E-state index is 13.2. The number of aliphatic carboxylic acids is 1. The summed E-state index contributed by atoms with van der Waals surface area (Å²) in [5, 5.41) is 8.82. The van der Waals surface area contributed by atoms with Crippen molar-refractivity contribution in [3.63, 3.8) is 0 Å². The first-order valence-electron chi connectivity index (χ1n) is 9.84. The summed E-state index contributed by atoms with van der Waals surface area (Å²) in [5.41, 5.74) is 2.46. The number of benzene rings is 1. The van der Waals surface area contributed by atoms with Gasteiger partial charge in [0, 0.05) is 43.2 Å². The van der Waals surface area contributed by atoms with E-state index in [4.69, 9.17) is 9.84 Å². The molecule has 2 aliphatic rings. The molecule has 4 rings (SSSR count). The second-order valence-electron chi connectivity index (χ2n) is 7.81. The number of likely N-dealkylation sites (tertiary alicyclic amines) is 1. The minimum Gasteiger partial charge on any atom is -0.497 e. The average molecular weight is 396 g/mol. The molecule has 2 unspecified atom stereocenters. The minimum absolute atomic E-state index is 0.00646. The molecular formula is C22H24N2O5. The smallest absolute Gasteiger partial charge is 0.303 e. The number of pyridine rings is 1. The Morgan fingerprint density at radius 1 is 1.07 bits per heavy atom. The Balaban J connectivity index is 1.59. The molecule has 29 heavy (non-hydrogen) atoms. The van der Waals surface area contributed by atoms with Crippen LogP contribution in [0.1, 0.15) is 30.9 Å². The Morgan fingerprint density at radius 3 is 2.52 bits per heavy atom. The predicted octanol–water partition coefficient (Wildman–Crippen LogP) is 2.33. The lowest BCUT2D eigenvalue weighted by Crippen LogP contribution is -2.49. The second kappa shape index (κ2) is 7.73. The molecule has 0 spiro atoms. The molecular weight excluding hydrogens is 372 g/mol. The maximum Gasteiger partial charge on any atom is 0.303 e. The molecule has 0 saturated carbocycles. The van der Waals surface area contributed by atoms with Crippen LogP contribution in [0.5, 0.6) is 5.75 Å². The standard InChI is InChI=1S/C22H24N2O5/c1-29-17-4-2-15(3-5-17)18-6-7-19-16-10-14(12-24(19)22(18)28)11-23(13-16)20(25)8-9-21(26)27/h2-7,14,16H,8-13H2,1H3,(H,26,27). The quantitative estimate of drug-likeness (QED) is 0.838. The lowest BCUT2D eigenvalue weighted by atomic mass is 9.82. The molecule has 3 heterocycles. The van der Waals surface area contributed by atoms with Crippen LogP contribution in [0.2, 0.25) is 0 Å². The first-order valence-corrected chi connectivity index (χ1v) is 9.84. The SMILES string of the molecule is COc1ccc(-c2ccc3n(c2=O)CC2CC3CN(C(=O)CCC(=O)O)C2)cc1. The average Bonchev–Trinajstić information content (AvgIpc) is 2.72. The maximum absolute atomic E-state index is 13.2. The van der Waals surface area contributed by atoms with Crippen molar-refractivity contribution in [2.45, 2.75) is 31.7 Å². The van der Waals surface area contributed by atoms with Crippen molar-refractivity contribution in [2.75, 3.05) is 20.2 Å². The van der Waals surface area contributed by atoms with E-state index in [-0.39, 0.29) is 36.1 Å². The van der Waals surface area contributed by atoms with Gasteiger partial charge in [0.15, 0.2) is 0 Å². The van der Waals surface area contributed by atoms with Crippen molar-refractivity contribution >= 4 is 11.9 Å². The fourth-order valence-electron chi connectivity index (χ4n) is 4.51. The van der Waals surface area contributed by atoms with Gasteiger partial charge in [-0.25, -0.2) is 0 Å². The third-order valence-corrected chi connectivity index (χ3v) is 5.91. The molecule has 152 valence electrons. The zero-order chi connectivity index (χ0) is 20.5. The van der Waals surface area contributed by atoms with Crippen LogP contribution >= 0.6 is 0 Å². The third kappa shape index (κ3) is 3.77. The van der Waals surface area contributed by atoms with E-state index in [0.717, 1.165) is 23.4 Å². The molecule has 1 amide bonds. The lowest BCUT2D eigenvalue weighted by Gasteiger charge is -2.43. The van der Waals surface area contributed by atoms with Gasteiger partial charge in [-0.3, -0.25) is 14.4 Å². The van der Waals surface area contributed by atoms with Crippen molar-refractivity contribution in [2.24, 2.45) is 5.92 Å². The topological polar surface area (TPSA) is 88.8 Å². The van der Waals surface area contributed by atoms with Crippen LogP contribution in [0.4, 0.5) is 0 Å². The summed E-state index contributed by atoms with van der Waals surface area (Å²) in [7, 11) is 1.61. The molecule has 1 N–H and O–H groups in total. The van der Waals surface area contributed by atoms with E-state index in [1.54, 1.807) is 12.0 Å². The molecule has 0 radical (unpaired) electrons. The van der Waals surface area contributed by atoms with E-state index in [1.165, 1.54) is 0 Å². The van der Waals surface area contributed by atoms with Gasteiger partial charge in [0.2, 0.25) is 5.91 Å². The third-order valence-electron chi connectivity index (χ3n) is 5.91. The highest BCUT2D eigenvalue weighted by Gasteiger charge is 2.36. The number of nitrogens with zero attached hydrogens (tertiary/aromatic N) is 2. The van der Waals surface area contributed by atoms with Crippen molar-refractivity contribution < 1.29 is 19.4 Å². The number of methoxy groups -OCH3 is 1. The van der Waals surface area contributed by atoms with E-state index in [9.17, 15) is 14.4 Å². The summed E-state index contributed by atoms with van der Waals surface area (Å²) in [6.45, 7) is 1.70. The molecule has 7 heteroatoms. The highest BCUT2D eigenvalue weighted by atomic mass is 16.5. The predicted molar refractivity (Wildman–Crippen MR) is 107 cm³/mol. The van der Waals surface area contributed by atoms with Gasteiger partial charge in [0.05, 0.1) is 13.5 Å². The summed E-state index contributed by atoms with van der Waals surface area (Å²) in [4.78, 5) is 38.1. The Labute approximate surface area is 168 Å². The van der Waals surface area contributed by atoms with Crippen molar-refractivity contribution in [1.82, 2.24) is 9.47 Å². The van der Waals surface area contributed by atoms with Gasteiger partial charge in [-0.05, 0) is 42.2 Å². The highest BCUT2D eigenvalue weighted by Crippen LogP contribution is 2.36. The van der Waals surface area contributed by atoms with E-state index >= 15 is 0 Å². The highest BCUT2D eigenvalue weighted by molar-refractivity contribution is 5.81. The number of ether oxygens (including phenoxy) is 1. The van der Waals surface area contributed by atoms with Crippen LogP contribution in [0.25, 0.3) is 11.1 Å². The van der Waals surface area contributed by atoms with Crippen LogP contribution in [0.15, 0.2) is 41.2 Å². The Hall–Kier alpha value is -3.09. The van der Waals surface area contributed by atoms with Crippen LogP contribution in [0, 0.1) is 5.92 Å². The summed E-state index contributed by atoms with van der Waals surface area (Å²) in [6.07, 6.45) is 0.827. The fraction of sp³-hybridized carbons (Fsp3) is 0.409. The number of fused-ring (bicyclic) bond motifs is 4. The Bertz CT molecular complexity index is 995. The van der Waals surface area contributed by atoms with Crippen LogP contribution in [0.3, 0.4) is 0 Å². The summed E-state index contributed by atoms with van der Waals surface area (Å²) in [6, 6.07) is 11.3. The van der Waals surface area contributed by atoms with Crippen LogP contribution in [-0.2, 0) is 16.1 Å². The largest absolute Gasteiger partial charge is 0.497 e. The Morgan fingerprint density at radius 2 is 1.83 bits per heavy atom. The fourth-order valence-corrected chi connectivity index (χ4v) is 4.51. The van der Waals surface area contributed by atoms with Crippen LogP contribution < -0.4 is 10.3 Å². The molecule has 2 aliphatic heterocycles. The number of carboxylic acid groups (broad SMARTS) is 1. The van der Waals surface area contributed by atoms with Gasteiger partial charge in [0.25, 0.3) is 5.56 Å². The van der Waals surface area contributed by atoms with Crippen molar-refractivity contribution in [3.05, 3.63) is 52.4 Å². The van der Waals surface area contributed by atoms with E-state index in [2.05, 4.69) is 0 Å². The number of aromatic nitrogens is 1. The van der Waals surface area contributed by atoms with Gasteiger partial charge >= 0.3 is 5.97 Å². The number of carboxylic acids is 1. The molecule has 1 aromatic heterocycles. The van der Waals surface area contributed by atoms with Gasteiger partial charge in [0.1, 0.15) is 5.75 Å². The number of amides is 1. The number of rotatable bonds is 5. The molecule has 1 saturated heterocycles. The molecule has 2 bridgehead atoms. The normalized spacial score (nSPS) is 20.1. The number of piperidine rings is 1. The number of carbonyl (C=O) groups is 2. The van der Waals surface area contributed by atoms with Crippen molar-refractivity contribution in [3.8, 4) is 16.9 Å². The zero-order valence-corrected chi connectivity index (χ0v) is 16.3. The van der Waals surface area contributed by atoms with Gasteiger partial charge in [-0.2, -0.15) is 0 Å². The zero-order valence-electron chi connectivity index (χ0n) is 16.3. The van der Waals surface area contributed by atoms with Gasteiger partial charge in [-0.15, -0.1) is 0 Å². The van der Waals surface area contributed by atoms with Gasteiger partial charge < -0.3 is 19.3 Å². The van der Waals surface area contributed by atoms with E-state index in [1.807, 2.05) is 41.0 Å². The van der Waals surface area contributed by atoms with E-state index in [0.29, 0.717) is 25.2 Å². The lowest BCUT2D eigenvalue weighted by molar-refractivity contribution is -0.141. The molecule has 1 aromatic carbocycles. The summed E-state index contributed by atoms with van der Waals surface area (Å²) in [5.74, 6) is -0.0204.